The lowest BCUT2D eigenvalue weighted by Gasteiger charge is -2.22. The molecule has 0 radical (unpaired) electrons. The van der Waals surface area contributed by atoms with Gasteiger partial charge in [0.15, 0.2) is 0 Å². The molecule has 1 aliphatic rings. The van der Waals surface area contributed by atoms with Crippen molar-refractivity contribution < 1.29 is 9.50 Å². The summed E-state index contributed by atoms with van der Waals surface area (Å²) in [6.45, 7) is 1.89. The van der Waals surface area contributed by atoms with Crippen LogP contribution in [0.1, 0.15) is 18.4 Å². The van der Waals surface area contributed by atoms with E-state index in [1.165, 1.54) is 6.07 Å². The maximum atomic E-state index is 13.2. The van der Waals surface area contributed by atoms with Crippen LogP contribution >= 0.6 is 15.9 Å². The Hall–Kier alpha value is -0.450. The molecule has 1 aromatic rings. The van der Waals surface area contributed by atoms with Crippen LogP contribution in [0.5, 0.6) is 0 Å². The molecule has 0 saturated carbocycles. The van der Waals surface area contributed by atoms with Crippen molar-refractivity contribution in [2.24, 2.45) is 0 Å². The van der Waals surface area contributed by atoms with E-state index in [9.17, 15) is 9.50 Å². The number of hydrogen-bond acceptors (Lipinski definition) is 2. The molecule has 4 heteroatoms. The van der Waals surface area contributed by atoms with Gasteiger partial charge in [-0.3, -0.25) is 4.90 Å². The predicted molar refractivity (Wildman–Crippen MR) is 64.6 cm³/mol. The third kappa shape index (κ3) is 2.81. The zero-order valence-electron chi connectivity index (χ0n) is 9.00. The maximum absolute atomic E-state index is 13.2. The monoisotopic (exact) mass is 287 g/mol. The minimum atomic E-state index is -0.218. The van der Waals surface area contributed by atoms with E-state index in [1.54, 1.807) is 6.07 Å². The van der Waals surface area contributed by atoms with E-state index >= 15 is 0 Å². The maximum Gasteiger partial charge on any atom is 0.124 e. The molecule has 2 nitrogen and oxygen atoms in total. The number of aliphatic hydroxyl groups is 1. The fourth-order valence-corrected chi connectivity index (χ4v) is 2.76. The number of benzene rings is 1. The topological polar surface area (TPSA) is 23.5 Å². The minimum Gasteiger partial charge on any atom is -0.395 e. The van der Waals surface area contributed by atoms with Crippen molar-refractivity contribution in [3.8, 4) is 0 Å². The summed E-state index contributed by atoms with van der Waals surface area (Å²) in [5, 5.41) is 9.20. The van der Waals surface area contributed by atoms with Crippen molar-refractivity contribution in [2.75, 3.05) is 13.2 Å². The number of rotatable bonds is 3. The molecule has 2 rings (SSSR count). The molecular formula is C12H15BrFNO. The summed E-state index contributed by atoms with van der Waals surface area (Å²) >= 11 is 3.29. The molecule has 1 aromatic carbocycles. The van der Waals surface area contributed by atoms with Gasteiger partial charge in [-0.1, -0.05) is 15.9 Å². The zero-order chi connectivity index (χ0) is 11.5. The summed E-state index contributed by atoms with van der Waals surface area (Å²) in [5.41, 5.74) is 0.951. The minimum absolute atomic E-state index is 0.191. The lowest BCUT2D eigenvalue weighted by Crippen LogP contribution is -2.31. The van der Waals surface area contributed by atoms with Gasteiger partial charge in [0.25, 0.3) is 0 Å². The number of likely N-dealkylation sites (tertiary alicyclic amines) is 1. The van der Waals surface area contributed by atoms with Crippen LogP contribution in [0.4, 0.5) is 4.39 Å². The molecule has 88 valence electrons. The van der Waals surface area contributed by atoms with E-state index in [0.29, 0.717) is 6.54 Å². The Morgan fingerprint density at radius 2 is 2.25 bits per heavy atom. The average Bonchev–Trinajstić information content (AvgIpc) is 2.63. The molecule has 0 aromatic heterocycles. The number of hydrogen-bond donors (Lipinski definition) is 1. The van der Waals surface area contributed by atoms with Crippen molar-refractivity contribution in [2.45, 2.75) is 25.4 Å². The van der Waals surface area contributed by atoms with Crippen LogP contribution in [-0.2, 0) is 6.54 Å². The van der Waals surface area contributed by atoms with Gasteiger partial charge in [0, 0.05) is 17.1 Å². The van der Waals surface area contributed by atoms with E-state index < -0.39 is 0 Å². The highest BCUT2D eigenvalue weighted by Gasteiger charge is 2.23. The van der Waals surface area contributed by atoms with Crippen LogP contribution in [0, 0.1) is 5.82 Å². The third-order valence-corrected chi connectivity index (χ3v) is 3.48. The zero-order valence-corrected chi connectivity index (χ0v) is 10.6. The molecule has 1 N–H and O–H groups in total. The van der Waals surface area contributed by atoms with Gasteiger partial charge in [-0.2, -0.15) is 0 Å². The lowest BCUT2D eigenvalue weighted by atomic mass is 10.2. The first-order chi connectivity index (χ1) is 7.69. The largest absolute Gasteiger partial charge is 0.395 e. The smallest absolute Gasteiger partial charge is 0.124 e. The Morgan fingerprint density at radius 1 is 1.44 bits per heavy atom. The molecule has 0 bridgehead atoms. The van der Waals surface area contributed by atoms with Gasteiger partial charge < -0.3 is 5.11 Å². The molecular weight excluding hydrogens is 273 g/mol. The molecule has 16 heavy (non-hydrogen) atoms. The summed E-state index contributed by atoms with van der Waals surface area (Å²) < 4.78 is 13.9. The van der Waals surface area contributed by atoms with Gasteiger partial charge in [-0.25, -0.2) is 4.39 Å². The van der Waals surface area contributed by atoms with Crippen molar-refractivity contribution in [3.63, 3.8) is 0 Å². The van der Waals surface area contributed by atoms with Crippen LogP contribution in [0.2, 0.25) is 0 Å². The Balaban J connectivity index is 2.08. The Bertz CT molecular complexity index is 352. The SMILES string of the molecule is OCC1CCCN1Cc1cc(F)cc(Br)c1. The highest BCUT2D eigenvalue weighted by molar-refractivity contribution is 9.10. The highest BCUT2D eigenvalue weighted by atomic mass is 79.9. The Labute approximate surface area is 103 Å². The van der Waals surface area contributed by atoms with E-state index in [0.717, 1.165) is 29.4 Å². The van der Waals surface area contributed by atoms with E-state index in [4.69, 9.17) is 0 Å². The number of aliphatic hydroxyl groups excluding tert-OH is 1. The van der Waals surface area contributed by atoms with Gasteiger partial charge in [-0.15, -0.1) is 0 Å². The van der Waals surface area contributed by atoms with Crippen LogP contribution < -0.4 is 0 Å². The second kappa shape index (κ2) is 5.25. The van der Waals surface area contributed by atoms with Gasteiger partial charge in [0.2, 0.25) is 0 Å². The lowest BCUT2D eigenvalue weighted by molar-refractivity contribution is 0.153. The molecule has 0 spiro atoms. The van der Waals surface area contributed by atoms with Crippen LogP contribution in [0.15, 0.2) is 22.7 Å². The van der Waals surface area contributed by atoms with Gasteiger partial charge in [-0.05, 0) is 43.1 Å². The van der Waals surface area contributed by atoms with E-state index in [-0.39, 0.29) is 18.5 Å². The summed E-state index contributed by atoms with van der Waals surface area (Å²) in [4.78, 5) is 2.21. The molecule has 1 fully saturated rings. The third-order valence-electron chi connectivity index (χ3n) is 3.02. The Morgan fingerprint density at radius 3 is 2.94 bits per heavy atom. The number of halogens is 2. The average molecular weight is 288 g/mol. The van der Waals surface area contributed by atoms with Crippen molar-refractivity contribution in [1.82, 2.24) is 4.90 Å². The standard InChI is InChI=1S/C12H15BrFNO/c13-10-4-9(5-11(14)6-10)7-15-3-1-2-12(15)8-16/h4-6,12,16H,1-3,7-8H2. The molecule has 1 atom stereocenters. The highest BCUT2D eigenvalue weighted by Crippen LogP contribution is 2.22. The van der Waals surface area contributed by atoms with Crippen LogP contribution in [0.3, 0.4) is 0 Å². The quantitative estimate of drug-likeness (QED) is 0.924. The molecule has 0 amide bonds. The summed E-state index contributed by atoms with van der Waals surface area (Å²) in [6, 6.07) is 5.17. The predicted octanol–water partition coefficient (Wildman–Crippen LogP) is 2.54. The Kier molecular flexibility index (Phi) is 3.95. The summed E-state index contributed by atoms with van der Waals surface area (Å²) in [7, 11) is 0. The molecule has 1 heterocycles. The summed E-state index contributed by atoms with van der Waals surface area (Å²) in [6.07, 6.45) is 2.15. The van der Waals surface area contributed by atoms with Crippen molar-refractivity contribution >= 4 is 15.9 Å². The van der Waals surface area contributed by atoms with E-state index in [2.05, 4.69) is 20.8 Å². The molecule has 1 saturated heterocycles. The van der Waals surface area contributed by atoms with Crippen molar-refractivity contribution in [1.29, 1.82) is 0 Å². The van der Waals surface area contributed by atoms with Crippen LogP contribution in [-0.4, -0.2) is 29.2 Å². The first kappa shape index (κ1) is 12.0. The van der Waals surface area contributed by atoms with Crippen LogP contribution in [0.25, 0.3) is 0 Å². The first-order valence-electron chi connectivity index (χ1n) is 5.49. The fourth-order valence-electron chi connectivity index (χ4n) is 2.25. The normalized spacial score (nSPS) is 21.6. The van der Waals surface area contributed by atoms with Gasteiger partial charge in [0.1, 0.15) is 5.82 Å². The van der Waals surface area contributed by atoms with E-state index in [1.807, 2.05) is 6.07 Å². The second-order valence-corrected chi connectivity index (χ2v) is 5.14. The van der Waals surface area contributed by atoms with Gasteiger partial charge >= 0.3 is 0 Å². The molecule has 1 aliphatic heterocycles. The van der Waals surface area contributed by atoms with Gasteiger partial charge in [0.05, 0.1) is 6.61 Å². The number of nitrogens with zero attached hydrogens (tertiary/aromatic N) is 1. The first-order valence-corrected chi connectivity index (χ1v) is 6.28. The summed E-state index contributed by atoms with van der Waals surface area (Å²) in [5.74, 6) is -0.218. The molecule has 0 aliphatic carbocycles. The second-order valence-electron chi connectivity index (χ2n) is 4.23. The fraction of sp³-hybridized carbons (Fsp3) is 0.500. The van der Waals surface area contributed by atoms with Crippen molar-refractivity contribution in [3.05, 3.63) is 34.1 Å². The molecule has 1 unspecified atom stereocenters.